The zero-order valence-corrected chi connectivity index (χ0v) is 11.7. The molecule has 1 aromatic heterocycles. The molecule has 1 aromatic carbocycles. The fourth-order valence-corrected chi connectivity index (χ4v) is 2.04. The number of aromatic nitrogens is 2. The molecule has 0 bridgehead atoms. The third kappa shape index (κ3) is 3.07. The largest absolute Gasteiger partial charge is 0.416 e. The Hall–Kier alpha value is -1.69. The van der Waals surface area contributed by atoms with Crippen LogP contribution in [0.2, 0.25) is 5.02 Å². The van der Waals surface area contributed by atoms with Crippen molar-refractivity contribution in [3.05, 3.63) is 45.7 Å². The van der Waals surface area contributed by atoms with Crippen LogP contribution >= 0.6 is 11.6 Å². The summed E-state index contributed by atoms with van der Waals surface area (Å²) in [6.07, 6.45) is -4.39. The topological polar surface area (TPSA) is 40.7 Å². The normalized spacial score (nSPS) is 11.7. The standard InChI is InChI=1S/C13H13ClF3N3/c1-7-10(8(2)20-19-7)6-18-12-5-9(13(15,16)17)3-4-11(12)14/h3-5,18H,6H2,1-2H3,(H,19,20). The van der Waals surface area contributed by atoms with Crippen LogP contribution in [0.15, 0.2) is 18.2 Å². The van der Waals surface area contributed by atoms with E-state index in [0.717, 1.165) is 29.1 Å². The molecule has 0 saturated heterocycles. The summed E-state index contributed by atoms with van der Waals surface area (Å²) in [7, 11) is 0. The zero-order chi connectivity index (χ0) is 14.9. The van der Waals surface area contributed by atoms with E-state index in [-0.39, 0.29) is 10.7 Å². The van der Waals surface area contributed by atoms with E-state index in [9.17, 15) is 13.2 Å². The number of anilines is 1. The van der Waals surface area contributed by atoms with Gasteiger partial charge in [0.05, 0.1) is 22.0 Å². The van der Waals surface area contributed by atoms with Crippen molar-refractivity contribution in [3.8, 4) is 0 Å². The van der Waals surface area contributed by atoms with Crippen LogP contribution in [0.3, 0.4) is 0 Å². The number of benzene rings is 1. The molecule has 1 heterocycles. The van der Waals surface area contributed by atoms with E-state index in [2.05, 4.69) is 15.5 Å². The molecule has 0 saturated carbocycles. The quantitative estimate of drug-likeness (QED) is 0.887. The van der Waals surface area contributed by atoms with Gasteiger partial charge in [0.2, 0.25) is 0 Å². The summed E-state index contributed by atoms with van der Waals surface area (Å²) >= 11 is 5.91. The summed E-state index contributed by atoms with van der Waals surface area (Å²) in [5.74, 6) is 0. The van der Waals surface area contributed by atoms with Crippen molar-refractivity contribution in [2.45, 2.75) is 26.6 Å². The van der Waals surface area contributed by atoms with Gasteiger partial charge in [0.1, 0.15) is 0 Å². The van der Waals surface area contributed by atoms with E-state index in [0.29, 0.717) is 6.54 Å². The lowest BCUT2D eigenvalue weighted by atomic mass is 10.1. The smallest absolute Gasteiger partial charge is 0.380 e. The molecule has 0 spiro atoms. The van der Waals surface area contributed by atoms with E-state index in [1.165, 1.54) is 6.07 Å². The van der Waals surface area contributed by atoms with Crippen LogP contribution in [0, 0.1) is 13.8 Å². The second-order valence-corrected chi connectivity index (χ2v) is 4.87. The molecule has 2 aromatic rings. The van der Waals surface area contributed by atoms with Crippen LogP contribution in [0.25, 0.3) is 0 Å². The Balaban J connectivity index is 2.21. The molecule has 108 valence electrons. The van der Waals surface area contributed by atoms with Gasteiger partial charge in [-0.1, -0.05) is 11.6 Å². The van der Waals surface area contributed by atoms with Gasteiger partial charge in [-0.05, 0) is 32.0 Å². The van der Waals surface area contributed by atoms with E-state index in [1.54, 1.807) is 0 Å². The van der Waals surface area contributed by atoms with Gasteiger partial charge < -0.3 is 5.32 Å². The van der Waals surface area contributed by atoms with Crippen LogP contribution in [0.4, 0.5) is 18.9 Å². The molecule has 0 unspecified atom stereocenters. The Kier molecular flexibility index (Phi) is 3.94. The second-order valence-electron chi connectivity index (χ2n) is 4.46. The Morgan fingerprint density at radius 2 is 2.00 bits per heavy atom. The zero-order valence-electron chi connectivity index (χ0n) is 10.9. The Bertz CT molecular complexity index is 600. The first kappa shape index (κ1) is 14.7. The van der Waals surface area contributed by atoms with Crippen molar-refractivity contribution in [3.63, 3.8) is 0 Å². The molecule has 2 N–H and O–H groups in total. The molecule has 2 rings (SSSR count). The number of alkyl halides is 3. The summed E-state index contributed by atoms with van der Waals surface area (Å²) < 4.78 is 38.0. The van der Waals surface area contributed by atoms with Crippen molar-refractivity contribution in [2.24, 2.45) is 0 Å². The lowest BCUT2D eigenvalue weighted by Gasteiger charge is -2.12. The average molecular weight is 304 g/mol. The van der Waals surface area contributed by atoms with Crippen molar-refractivity contribution in [2.75, 3.05) is 5.32 Å². The van der Waals surface area contributed by atoms with Crippen molar-refractivity contribution >= 4 is 17.3 Å². The first-order valence-corrected chi connectivity index (χ1v) is 6.28. The maximum absolute atomic E-state index is 12.7. The van der Waals surface area contributed by atoms with Crippen molar-refractivity contribution in [1.29, 1.82) is 0 Å². The molecule has 3 nitrogen and oxygen atoms in total. The third-order valence-corrected chi connectivity index (χ3v) is 3.36. The highest BCUT2D eigenvalue weighted by molar-refractivity contribution is 6.33. The fourth-order valence-electron chi connectivity index (χ4n) is 1.86. The molecule has 0 radical (unpaired) electrons. The summed E-state index contributed by atoms with van der Waals surface area (Å²) in [6, 6.07) is 3.21. The third-order valence-electron chi connectivity index (χ3n) is 3.03. The maximum atomic E-state index is 12.7. The summed E-state index contributed by atoms with van der Waals surface area (Å²) in [6.45, 7) is 4.04. The summed E-state index contributed by atoms with van der Waals surface area (Å²) in [5, 5.41) is 10.0. The van der Waals surface area contributed by atoms with Crippen molar-refractivity contribution < 1.29 is 13.2 Å². The molecule has 0 aliphatic carbocycles. The summed E-state index contributed by atoms with van der Waals surface area (Å²) in [5.41, 5.74) is 2.11. The number of hydrogen-bond donors (Lipinski definition) is 2. The molecular weight excluding hydrogens is 291 g/mol. The van der Waals surface area contributed by atoms with Gasteiger partial charge in [-0.2, -0.15) is 18.3 Å². The lowest BCUT2D eigenvalue weighted by molar-refractivity contribution is -0.137. The van der Waals surface area contributed by atoms with Crippen LogP contribution < -0.4 is 5.32 Å². The highest BCUT2D eigenvalue weighted by Crippen LogP contribution is 2.34. The van der Waals surface area contributed by atoms with E-state index < -0.39 is 11.7 Å². The Morgan fingerprint density at radius 3 is 2.55 bits per heavy atom. The van der Waals surface area contributed by atoms with E-state index in [4.69, 9.17) is 11.6 Å². The number of rotatable bonds is 3. The molecule has 0 aliphatic heterocycles. The average Bonchev–Trinajstić information content (AvgIpc) is 2.67. The molecule has 20 heavy (non-hydrogen) atoms. The number of H-pyrrole nitrogens is 1. The maximum Gasteiger partial charge on any atom is 0.416 e. The van der Waals surface area contributed by atoms with Gasteiger partial charge in [0, 0.05) is 17.8 Å². The Morgan fingerprint density at radius 1 is 1.30 bits per heavy atom. The number of nitrogens with zero attached hydrogens (tertiary/aromatic N) is 1. The van der Waals surface area contributed by atoms with Gasteiger partial charge in [0.25, 0.3) is 0 Å². The molecule has 0 amide bonds. The lowest BCUT2D eigenvalue weighted by Crippen LogP contribution is -2.07. The SMILES string of the molecule is Cc1n[nH]c(C)c1CNc1cc(C(F)(F)F)ccc1Cl. The highest BCUT2D eigenvalue weighted by Gasteiger charge is 2.30. The highest BCUT2D eigenvalue weighted by atomic mass is 35.5. The first-order chi connectivity index (χ1) is 9.29. The molecular formula is C13H13ClF3N3. The number of halogens is 4. The van der Waals surface area contributed by atoms with E-state index in [1.807, 2.05) is 13.8 Å². The first-order valence-electron chi connectivity index (χ1n) is 5.90. The second kappa shape index (κ2) is 5.36. The monoisotopic (exact) mass is 303 g/mol. The van der Waals surface area contributed by atoms with Gasteiger partial charge in [0.15, 0.2) is 0 Å². The van der Waals surface area contributed by atoms with Gasteiger partial charge in [-0.25, -0.2) is 0 Å². The minimum atomic E-state index is -4.39. The van der Waals surface area contributed by atoms with Crippen LogP contribution in [-0.4, -0.2) is 10.2 Å². The van der Waals surface area contributed by atoms with E-state index >= 15 is 0 Å². The van der Waals surface area contributed by atoms with Gasteiger partial charge in [-0.3, -0.25) is 5.10 Å². The Labute approximate surface area is 119 Å². The van der Waals surface area contributed by atoms with Crippen molar-refractivity contribution in [1.82, 2.24) is 10.2 Å². The van der Waals surface area contributed by atoms with Gasteiger partial charge >= 0.3 is 6.18 Å². The predicted octanol–water partition coefficient (Wildman–Crippen LogP) is 4.31. The molecule has 0 fully saturated rings. The van der Waals surface area contributed by atoms with Crippen LogP contribution in [0.1, 0.15) is 22.5 Å². The van der Waals surface area contributed by atoms with Crippen LogP contribution in [0.5, 0.6) is 0 Å². The number of aromatic amines is 1. The number of nitrogens with one attached hydrogen (secondary N) is 2. The summed E-state index contributed by atoms with van der Waals surface area (Å²) in [4.78, 5) is 0. The number of aryl methyl sites for hydroxylation is 2. The minimum absolute atomic E-state index is 0.247. The number of hydrogen-bond acceptors (Lipinski definition) is 2. The molecule has 7 heteroatoms. The van der Waals surface area contributed by atoms with Crippen LogP contribution in [-0.2, 0) is 12.7 Å². The fraction of sp³-hybridized carbons (Fsp3) is 0.308. The molecule has 0 atom stereocenters. The van der Waals surface area contributed by atoms with Gasteiger partial charge in [-0.15, -0.1) is 0 Å². The molecule has 0 aliphatic rings. The predicted molar refractivity (Wildman–Crippen MR) is 71.8 cm³/mol. The minimum Gasteiger partial charge on any atom is -0.380 e.